The number of likely N-dealkylation sites (tertiary alicyclic amines) is 2. The molecule has 0 radical (unpaired) electrons. The molecule has 2 unspecified atom stereocenters. The van der Waals surface area contributed by atoms with Crippen LogP contribution in [0.25, 0.3) is 0 Å². The molecule has 2 rings (SSSR count). The van der Waals surface area contributed by atoms with Crippen LogP contribution in [0, 0.1) is 11.8 Å². The fourth-order valence-corrected chi connectivity index (χ4v) is 4.44. The first kappa shape index (κ1) is 21.5. The Morgan fingerprint density at radius 3 is 2.69 bits per heavy atom. The van der Waals surface area contributed by atoms with Crippen molar-refractivity contribution in [3.63, 3.8) is 0 Å². The molecule has 0 amide bonds. The van der Waals surface area contributed by atoms with Crippen molar-refractivity contribution in [3.05, 3.63) is 0 Å². The molecule has 2 saturated heterocycles. The van der Waals surface area contributed by atoms with Crippen LogP contribution in [-0.2, 0) is 0 Å². The van der Waals surface area contributed by atoms with Crippen LogP contribution in [0.4, 0.5) is 0 Å². The van der Waals surface area contributed by atoms with Gasteiger partial charge in [-0.15, -0.1) is 0 Å². The van der Waals surface area contributed by atoms with Gasteiger partial charge >= 0.3 is 0 Å². The van der Waals surface area contributed by atoms with Gasteiger partial charge < -0.3 is 20.4 Å². The van der Waals surface area contributed by atoms with Gasteiger partial charge in [-0.05, 0) is 64.0 Å². The second kappa shape index (κ2) is 11.8. The van der Waals surface area contributed by atoms with Crippen LogP contribution in [0.5, 0.6) is 0 Å². The zero-order chi connectivity index (χ0) is 18.8. The van der Waals surface area contributed by atoms with E-state index in [1.165, 1.54) is 71.2 Å². The van der Waals surface area contributed by atoms with Gasteiger partial charge in [0, 0.05) is 45.8 Å². The number of nitrogens with zero attached hydrogens (tertiary/aromatic N) is 3. The predicted molar refractivity (Wildman–Crippen MR) is 113 cm³/mol. The third-order valence-electron chi connectivity index (χ3n) is 5.86. The van der Waals surface area contributed by atoms with Crippen molar-refractivity contribution in [2.24, 2.45) is 16.8 Å². The summed E-state index contributed by atoms with van der Waals surface area (Å²) in [6, 6.07) is 0.765. The molecular weight excluding hydrogens is 322 g/mol. The summed E-state index contributed by atoms with van der Waals surface area (Å²) in [5, 5.41) is 7.06. The molecule has 2 fully saturated rings. The zero-order valence-electron chi connectivity index (χ0n) is 17.8. The van der Waals surface area contributed by atoms with Gasteiger partial charge in [0.05, 0.1) is 0 Å². The molecule has 0 aromatic carbocycles. The maximum absolute atomic E-state index is 4.41. The number of guanidine groups is 1. The van der Waals surface area contributed by atoms with E-state index < -0.39 is 0 Å². The summed E-state index contributed by atoms with van der Waals surface area (Å²) in [5.74, 6) is 2.48. The lowest BCUT2D eigenvalue weighted by molar-refractivity contribution is 0.158. The van der Waals surface area contributed by atoms with Gasteiger partial charge in [-0.25, -0.2) is 0 Å². The number of rotatable bonds is 8. The average Bonchev–Trinajstić information content (AvgIpc) is 2.62. The summed E-state index contributed by atoms with van der Waals surface area (Å²) in [5.41, 5.74) is 0. The second-order valence-electron chi connectivity index (χ2n) is 8.78. The number of hydrogen-bond acceptors (Lipinski definition) is 3. The van der Waals surface area contributed by atoms with E-state index in [2.05, 4.69) is 46.2 Å². The number of aliphatic imine (C=N–C) groups is 1. The summed E-state index contributed by atoms with van der Waals surface area (Å²) >= 11 is 0. The molecule has 152 valence electrons. The number of piperidine rings is 2. The van der Waals surface area contributed by atoms with Crippen LogP contribution in [0.15, 0.2) is 4.99 Å². The molecular formula is C21H43N5. The summed E-state index contributed by atoms with van der Waals surface area (Å²) in [7, 11) is 1.88. The third kappa shape index (κ3) is 7.83. The van der Waals surface area contributed by atoms with Gasteiger partial charge in [0.2, 0.25) is 0 Å². The minimum atomic E-state index is 0.746. The smallest absolute Gasteiger partial charge is 0.190 e. The molecule has 2 N–H and O–H groups in total. The van der Waals surface area contributed by atoms with Crippen LogP contribution < -0.4 is 10.6 Å². The van der Waals surface area contributed by atoms with E-state index in [0.29, 0.717) is 0 Å². The van der Waals surface area contributed by atoms with E-state index in [9.17, 15) is 0 Å². The Labute approximate surface area is 162 Å². The minimum absolute atomic E-state index is 0.746. The van der Waals surface area contributed by atoms with Crippen LogP contribution >= 0.6 is 0 Å². The Balaban J connectivity index is 1.60. The first-order valence-corrected chi connectivity index (χ1v) is 11.0. The van der Waals surface area contributed by atoms with Crippen molar-refractivity contribution in [1.82, 2.24) is 20.4 Å². The van der Waals surface area contributed by atoms with E-state index in [0.717, 1.165) is 36.9 Å². The summed E-state index contributed by atoms with van der Waals surface area (Å²) in [6.45, 7) is 15.3. The standard InChI is InChI=1S/C21H43N5/c1-18(2)16-25-12-7-10-20(17-25)15-24-21(22-4)23-11-8-14-26-13-6-5-9-19(26)3/h18-20H,5-17H2,1-4H3,(H2,22,23,24). The first-order chi connectivity index (χ1) is 12.6. The van der Waals surface area contributed by atoms with E-state index >= 15 is 0 Å². The van der Waals surface area contributed by atoms with Crippen molar-refractivity contribution >= 4 is 5.96 Å². The van der Waals surface area contributed by atoms with Crippen molar-refractivity contribution < 1.29 is 0 Å². The Morgan fingerprint density at radius 2 is 1.96 bits per heavy atom. The molecule has 0 bridgehead atoms. The molecule has 2 aliphatic rings. The Kier molecular flexibility index (Phi) is 9.76. The van der Waals surface area contributed by atoms with Gasteiger partial charge in [-0.2, -0.15) is 0 Å². The molecule has 2 aliphatic heterocycles. The van der Waals surface area contributed by atoms with E-state index in [4.69, 9.17) is 0 Å². The highest BCUT2D eigenvalue weighted by atomic mass is 15.2. The molecule has 5 heteroatoms. The number of nitrogens with one attached hydrogen (secondary N) is 2. The molecule has 0 aromatic heterocycles. The van der Waals surface area contributed by atoms with Crippen LogP contribution in [0.2, 0.25) is 0 Å². The lowest BCUT2D eigenvalue weighted by Gasteiger charge is -2.34. The Hall–Kier alpha value is -0.810. The van der Waals surface area contributed by atoms with Gasteiger partial charge in [0.1, 0.15) is 0 Å². The number of hydrogen-bond donors (Lipinski definition) is 2. The molecule has 0 spiro atoms. The molecule has 5 nitrogen and oxygen atoms in total. The lowest BCUT2D eigenvalue weighted by atomic mass is 9.97. The van der Waals surface area contributed by atoms with E-state index in [-0.39, 0.29) is 0 Å². The topological polar surface area (TPSA) is 42.9 Å². The van der Waals surface area contributed by atoms with Crippen LogP contribution in [0.3, 0.4) is 0 Å². The van der Waals surface area contributed by atoms with Gasteiger partial charge in [0.15, 0.2) is 5.96 Å². The molecule has 0 aromatic rings. The molecule has 0 aliphatic carbocycles. The van der Waals surface area contributed by atoms with E-state index in [1.54, 1.807) is 0 Å². The fraction of sp³-hybridized carbons (Fsp3) is 0.952. The van der Waals surface area contributed by atoms with Crippen molar-refractivity contribution in [3.8, 4) is 0 Å². The van der Waals surface area contributed by atoms with Crippen molar-refractivity contribution in [2.75, 3.05) is 52.9 Å². The second-order valence-corrected chi connectivity index (χ2v) is 8.78. The fourth-order valence-electron chi connectivity index (χ4n) is 4.44. The monoisotopic (exact) mass is 365 g/mol. The molecule has 26 heavy (non-hydrogen) atoms. The average molecular weight is 366 g/mol. The Bertz CT molecular complexity index is 409. The van der Waals surface area contributed by atoms with Crippen LogP contribution in [0.1, 0.15) is 59.3 Å². The largest absolute Gasteiger partial charge is 0.356 e. The van der Waals surface area contributed by atoms with Gasteiger partial charge in [0.25, 0.3) is 0 Å². The Morgan fingerprint density at radius 1 is 1.12 bits per heavy atom. The minimum Gasteiger partial charge on any atom is -0.356 e. The summed E-state index contributed by atoms with van der Waals surface area (Å²) in [4.78, 5) is 9.69. The highest BCUT2D eigenvalue weighted by Crippen LogP contribution is 2.17. The molecule has 0 saturated carbocycles. The maximum Gasteiger partial charge on any atom is 0.190 e. The zero-order valence-corrected chi connectivity index (χ0v) is 17.8. The third-order valence-corrected chi connectivity index (χ3v) is 5.86. The normalized spacial score (nSPS) is 26.3. The predicted octanol–water partition coefficient (Wildman–Crippen LogP) is 2.78. The molecule has 2 atom stereocenters. The van der Waals surface area contributed by atoms with Gasteiger partial charge in [-0.3, -0.25) is 4.99 Å². The van der Waals surface area contributed by atoms with Crippen molar-refractivity contribution in [1.29, 1.82) is 0 Å². The molecule has 2 heterocycles. The first-order valence-electron chi connectivity index (χ1n) is 11.0. The quantitative estimate of drug-likeness (QED) is 0.394. The van der Waals surface area contributed by atoms with Crippen molar-refractivity contribution in [2.45, 2.75) is 65.3 Å². The lowest BCUT2D eigenvalue weighted by Crippen LogP contribution is -2.45. The summed E-state index contributed by atoms with van der Waals surface area (Å²) < 4.78 is 0. The van der Waals surface area contributed by atoms with E-state index in [1.807, 2.05) is 7.05 Å². The summed E-state index contributed by atoms with van der Waals surface area (Å²) in [6.07, 6.45) is 8.01. The SMILES string of the molecule is CN=C(NCCCN1CCCCC1C)NCC1CCCN(CC(C)C)C1. The highest BCUT2D eigenvalue weighted by Gasteiger charge is 2.20. The highest BCUT2D eigenvalue weighted by molar-refractivity contribution is 5.79. The maximum atomic E-state index is 4.41. The van der Waals surface area contributed by atoms with Crippen LogP contribution in [-0.4, -0.2) is 74.7 Å². The van der Waals surface area contributed by atoms with Gasteiger partial charge in [-0.1, -0.05) is 20.3 Å².